The summed E-state index contributed by atoms with van der Waals surface area (Å²) in [6.45, 7) is 0. The van der Waals surface area contributed by atoms with Crippen LogP contribution in [-0.2, 0) is 0 Å². The molecule has 106 valence electrons. The average Bonchev–Trinajstić information content (AvgIpc) is 2.98. The first kappa shape index (κ1) is 15.1. The molecular formula is C14H12ClN5S. The van der Waals surface area contributed by atoms with Crippen molar-refractivity contribution in [2.24, 2.45) is 5.73 Å². The largest absolute Gasteiger partial charge is 0.382 e. The fourth-order valence-corrected chi connectivity index (χ4v) is 2.61. The maximum atomic E-state index is 7.43. The van der Waals surface area contributed by atoms with Gasteiger partial charge in [0.1, 0.15) is 16.5 Å². The van der Waals surface area contributed by atoms with Gasteiger partial charge in [0.25, 0.3) is 0 Å². The van der Waals surface area contributed by atoms with Gasteiger partial charge in [0.05, 0.1) is 10.6 Å². The van der Waals surface area contributed by atoms with E-state index in [2.05, 4.69) is 15.0 Å². The molecule has 3 heterocycles. The van der Waals surface area contributed by atoms with Gasteiger partial charge in [-0.1, -0.05) is 6.07 Å². The summed E-state index contributed by atoms with van der Waals surface area (Å²) >= 11 is 1.53. The smallest absolute Gasteiger partial charge is 0.141 e. The first-order chi connectivity index (χ1) is 9.74. The lowest BCUT2D eigenvalue weighted by atomic mass is 10.2. The lowest BCUT2D eigenvalue weighted by molar-refractivity contribution is 1.26. The topological polar surface area (TPSA) is 88.5 Å². The molecule has 5 nitrogen and oxygen atoms in total. The number of pyridine rings is 2. The number of hydrogen-bond acceptors (Lipinski definition) is 5. The van der Waals surface area contributed by atoms with Crippen LogP contribution < -0.4 is 5.73 Å². The van der Waals surface area contributed by atoms with Gasteiger partial charge < -0.3 is 5.73 Å². The monoisotopic (exact) mass is 317 g/mol. The Hall–Kier alpha value is -2.31. The van der Waals surface area contributed by atoms with E-state index >= 15 is 0 Å². The van der Waals surface area contributed by atoms with Gasteiger partial charge in [0, 0.05) is 24.2 Å². The van der Waals surface area contributed by atoms with Crippen molar-refractivity contribution in [3.8, 4) is 21.1 Å². The fraction of sp³-hybridized carbons (Fsp3) is 0. The van der Waals surface area contributed by atoms with E-state index in [1.807, 2.05) is 24.3 Å². The highest BCUT2D eigenvalue weighted by Gasteiger charge is 2.09. The number of amidine groups is 1. The minimum absolute atomic E-state index is 0. The lowest BCUT2D eigenvalue weighted by Gasteiger charge is -2.00. The standard InChI is InChI=1S/C14H11N5S.ClH/c15-13(16)11-5-1-4-10(19-11)12-8-18-14(20-12)9-3-2-6-17-7-9;/h1-8H,(H3,15,16);1H. The maximum absolute atomic E-state index is 7.43. The molecule has 0 unspecified atom stereocenters. The Morgan fingerprint density at radius 3 is 2.71 bits per heavy atom. The zero-order valence-electron chi connectivity index (χ0n) is 10.9. The average molecular weight is 318 g/mol. The van der Waals surface area contributed by atoms with Crippen molar-refractivity contribution >= 4 is 29.6 Å². The summed E-state index contributed by atoms with van der Waals surface area (Å²) < 4.78 is 0. The summed E-state index contributed by atoms with van der Waals surface area (Å²) in [7, 11) is 0. The van der Waals surface area contributed by atoms with Crippen LogP contribution in [-0.4, -0.2) is 20.8 Å². The Morgan fingerprint density at radius 1 is 1.14 bits per heavy atom. The molecule has 3 rings (SSSR count). The van der Waals surface area contributed by atoms with Gasteiger partial charge in [-0.2, -0.15) is 0 Å². The Balaban J connectivity index is 0.00000161. The van der Waals surface area contributed by atoms with Crippen molar-refractivity contribution in [3.63, 3.8) is 0 Å². The molecule has 0 amide bonds. The molecule has 0 spiro atoms. The van der Waals surface area contributed by atoms with E-state index in [0.717, 1.165) is 21.1 Å². The predicted molar refractivity (Wildman–Crippen MR) is 86.8 cm³/mol. The lowest BCUT2D eigenvalue weighted by Crippen LogP contribution is -2.12. The van der Waals surface area contributed by atoms with E-state index in [4.69, 9.17) is 11.1 Å². The first-order valence-electron chi connectivity index (χ1n) is 5.92. The molecule has 0 atom stereocenters. The molecular weight excluding hydrogens is 306 g/mol. The third-order valence-corrected chi connectivity index (χ3v) is 3.76. The normalized spacial score (nSPS) is 9.90. The molecule has 0 aliphatic rings. The second kappa shape index (κ2) is 6.43. The van der Waals surface area contributed by atoms with Crippen LogP contribution in [0.25, 0.3) is 21.1 Å². The highest BCUT2D eigenvalue weighted by atomic mass is 35.5. The number of thiazole rings is 1. The maximum Gasteiger partial charge on any atom is 0.141 e. The predicted octanol–water partition coefficient (Wildman–Crippen LogP) is 2.97. The second-order valence-electron chi connectivity index (χ2n) is 4.09. The van der Waals surface area contributed by atoms with E-state index in [1.54, 1.807) is 24.7 Å². The van der Waals surface area contributed by atoms with Crippen molar-refractivity contribution < 1.29 is 0 Å². The summed E-state index contributed by atoms with van der Waals surface area (Å²) in [6.07, 6.45) is 5.29. The van der Waals surface area contributed by atoms with Crippen LogP contribution in [0.4, 0.5) is 0 Å². The third kappa shape index (κ3) is 3.24. The molecule has 3 N–H and O–H groups in total. The minimum Gasteiger partial charge on any atom is -0.382 e. The number of nitrogen functional groups attached to an aromatic ring is 1. The summed E-state index contributed by atoms with van der Waals surface area (Å²) in [5.41, 5.74) is 7.68. The SMILES string of the molecule is Cl.N=C(N)c1cccc(-c2cnc(-c3cccnc3)s2)n1. The number of halogens is 1. The van der Waals surface area contributed by atoms with Gasteiger partial charge in [-0.15, -0.1) is 23.7 Å². The van der Waals surface area contributed by atoms with Crippen molar-refractivity contribution in [1.29, 1.82) is 5.41 Å². The number of hydrogen-bond donors (Lipinski definition) is 2. The Labute approximate surface area is 131 Å². The van der Waals surface area contributed by atoms with Gasteiger partial charge in [-0.05, 0) is 24.3 Å². The molecule has 0 aliphatic heterocycles. The summed E-state index contributed by atoms with van der Waals surface area (Å²) in [6, 6.07) is 9.28. The molecule has 0 saturated heterocycles. The van der Waals surface area contributed by atoms with Crippen LogP contribution >= 0.6 is 23.7 Å². The summed E-state index contributed by atoms with van der Waals surface area (Å²) in [5.74, 6) is -0.0381. The molecule has 3 aromatic rings. The fourth-order valence-electron chi connectivity index (χ4n) is 1.74. The molecule has 0 fully saturated rings. The molecule has 7 heteroatoms. The van der Waals surface area contributed by atoms with E-state index < -0.39 is 0 Å². The van der Waals surface area contributed by atoms with E-state index in [1.165, 1.54) is 11.3 Å². The minimum atomic E-state index is -0.0381. The van der Waals surface area contributed by atoms with Crippen LogP contribution in [0, 0.1) is 5.41 Å². The molecule has 0 radical (unpaired) electrons. The van der Waals surface area contributed by atoms with Crippen LogP contribution in [0.3, 0.4) is 0 Å². The van der Waals surface area contributed by atoms with Crippen molar-refractivity contribution in [1.82, 2.24) is 15.0 Å². The van der Waals surface area contributed by atoms with Crippen LogP contribution in [0.5, 0.6) is 0 Å². The van der Waals surface area contributed by atoms with Crippen molar-refractivity contribution in [2.45, 2.75) is 0 Å². The van der Waals surface area contributed by atoms with Crippen molar-refractivity contribution in [3.05, 3.63) is 54.6 Å². The van der Waals surface area contributed by atoms with E-state index in [-0.39, 0.29) is 18.2 Å². The molecule has 0 saturated carbocycles. The van der Waals surface area contributed by atoms with Gasteiger partial charge in [0.2, 0.25) is 0 Å². The van der Waals surface area contributed by atoms with E-state index in [0.29, 0.717) is 5.69 Å². The van der Waals surface area contributed by atoms with Gasteiger partial charge in [-0.3, -0.25) is 10.4 Å². The number of rotatable bonds is 3. The highest BCUT2D eigenvalue weighted by molar-refractivity contribution is 7.18. The number of nitrogens with two attached hydrogens (primary N) is 1. The van der Waals surface area contributed by atoms with Gasteiger partial charge in [-0.25, -0.2) is 9.97 Å². The number of nitrogens with zero attached hydrogens (tertiary/aromatic N) is 3. The zero-order chi connectivity index (χ0) is 13.9. The first-order valence-corrected chi connectivity index (χ1v) is 6.74. The number of aromatic nitrogens is 3. The summed E-state index contributed by atoms with van der Waals surface area (Å²) in [4.78, 5) is 13.8. The van der Waals surface area contributed by atoms with Crippen LogP contribution in [0.2, 0.25) is 0 Å². The molecule has 3 aromatic heterocycles. The molecule has 21 heavy (non-hydrogen) atoms. The number of nitrogens with one attached hydrogen (secondary N) is 1. The van der Waals surface area contributed by atoms with E-state index in [9.17, 15) is 0 Å². The molecule has 0 aliphatic carbocycles. The highest BCUT2D eigenvalue weighted by Crippen LogP contribution is 2.30. The zero-order valence-corrected chi connectivity index (χ0v) is 12.5. The van der Waals surface area contributed by atoms with Crippen LogP contribution in [0.15, 0.2) is 48.9 Å². The molecule has 0 bridgehead atoms. The Bertz CT molecular complexity index is 757. The quantitative estimate of drug-likeness (QED) is 0.574. The summed E-state index contributed by atoms with van der Waals surface area (Å²) in [5, 5.41) is 8.32. The van der Waals surface area contributed by atoms with Crippen molar-refractivity contribution in [2.75, 3.05) is 0 Å². The third-order valence-electron chi connectivity index (χ3n) is 2.69. The molecule has 0 aromatic carbocycles. The Morgan fingerprint density at radius 2 is 2.00 bits per heavy atom. The Kier molecular flexibility index (Phi) is 4.62. The second-order valence-corrected chi connectivity index (χ2v) is 5.12. The van der Waals surface area contributed by atoms with Crippen LogP contribution in [0.1, 0.15) is 5.69 Å². The van der Waals surface area contributed by atoms with Gasteiger partial charge in [0.15, 0.2) is 0 Å². The van der Waals surface area contributed by atoms with Gasteiger partial charge >= 0.3 is 0 Å².